The molecule has 1 saturated heterocycles. The van der Waals surface area contributed by atoms with Crippen LogP contribution in [-0.2, 0) is 12.8 Å². The summed E-state index contributed by atoms with van der Waals surface area (Å²) in [5.74, 6) is 1.27. The van der Waals surface area contributed by atoms with Gasteiger partial charge in [0.15, 0.2) is 5.76 Å². The SMILES string of the molecule is N#C[C@@H]1CCCN(c2ncnc3c2CCN(C(=O)c2ccco2)CC3)C1. The first kappa shape index (κ1) is 16.6. The Morgan fingerprint density at radius 2 is 2.15 bits per heavy atom. The molecule has 1 fully saturated rings. The average molecular weight is 351 g/mol. The normalized spacial score (nSPS) is 20.2. The molecule has 7 nitrogen and oxygen atoms in total. The van der Waals surface area contributed by atoms with E-state index in [2.05, 4.69) is 20.9 Å². The summed E-state index contributed by atoms with van der Waals surface area (Å²) in [7, 11) is 0. The topological polar surface area (TPSA) is 86.3 Å². The fraction of sp³-hybridized carbons (Fsp3) is 0.474. The monoisotopic (exact) mass is 351 g/mol. The third-order valence-corrected chi connectivity index (χ3v) is 5.18. The van der Waals surface area contributed by atoms with Gasteiger partial charge in [-0.3, -0.25) is 4.79 Å². The van der Waals surface area contributed by atoms with Gasteiger partial charge < -0.3 is 14.2 Å². The van der Waals surface area contributed by atoms with Crippen molar-refractivity contribution in [1.82, 2.24) is 14.9 Å². The highest BCUT2D eigenvalue weighted by atomic mass is 16.3. The van der Waals surface area contributed by atoms with Crippen molar-refractivity contribution in [3.05, 3.63) is 41.7 Å². The Morgan fingerprint density at radius 3 is 2.96 bits per heavy atom. The molecule has 1 atom stereocenters. The molecule has 2 aromatic rings. The molecule has 4 rings (SSSR count). The molecule has 0 unspecified atom stereocenters. The summed E-state index contributed by atoms with van der Waals surface area (Å²) in [6, 6.07) is 5.81. The zero-order valence-electron chi connectivity index (χ0n) is 14.6. The number of rotatable bonds is 2. The predicted octanol–water partition coefficient (Wildman–Crippen LogP) is 2.05. The molecule has 0 saturated carbocycles. The minimum atomic E-state index is -0.0835. The van der Waals surface area contributed by atoms with Crippen LogP contribution in [0.3, 0.4) is 0 Å². The van der Waals surface area contributed by atoms with Gasteiger partial charge in [-0.15, -0.1) is 0 Å². The minimum Gasteiger partial charge on any atom is -0.459 e. The number of nitrogens with zero attached hydrogens (tertiary/aromatic N) is 5. The first-order valence-electron chi connectivity index (χ1n) is 9.06. The Bertz CT molecular complexity index is 827. The molecule has 2 aliphatic heterocycles. The Labute approximate surface area is 152 Å². The van der Waals surface area contributed by atoms with Gasteiger partial charge in [0.1, 0.15) is 12.1 Å². The standard InChI is InChI=1S/C19H21N5O2/c20-11-14-3-1-7-24(12-14)18-15-5-8-23(9-6-16(15)21-13-22-18)19(25)17-4-2-10-26-17/h2,4,10,13-14H,1,3,5-9,12H2/t14-/m0/s1. The van der Waals surface area contributed by atoms with Crippen molar-refractivity contribution in [3.8, 4) is 6.07 Å². The van der Waals surface area contributed by atoms with E-state index in [1.165, 1.54) is 6.26 Å². The van der Waals surface area contributed by atoms with E-state index in [9.17, 15) is 10.1 Å². The second-order valence-electron chi connectivity index (χ2n) is 6.81. The third-order valence-electron chi connectivity index (χ3n) is 5.18. The highest BCUT2D eigenvalue weighted by Gasteiger charge is 2.27. The van der Waals surface area contributed by atoms with Gasteiger partial charge in [-0.1, -0.05) is 0 Å². The van der Waals surface area contributed by atoms with Gasteiger partial charge in [0.05, 0.1) is 23.9 Å². The molecule has 26 heavy (non-hydrogen) atoms. The van der Waals surface area contributed by atoms with Crippen LogP contribution in [0.5, 0.6) is 0 Å². The van der Waals surface area contributed by atoms with E-state index in [0.29, 0.717) is 31.7 Å². The molecule has 4 heterocycles. The summed E-state index contributed by atoms with van der Waals surface area (Å²) >= 11 is 0. The molecule has 134 valence electrons. The van der Waals surface area contributed by atoms with Gasteiger partial charge in [-0.2, -0.15) is 5.26 Å². The van der Waals surface area contributed by atoms with Gasteiger partial charge in [0, 0.05) is 38.2 Å². The average Bonchev–Trinajstić information content (AvgIpc) is 3.14. The molecular weight excluding hydrogens is 330 g/mol. The molecular formula is C19H21N5O2. The number of anilines is 1. The fourth-order valence-corrected chi connectivity index (χ4v) is 3.82. The van der Waals surface area contributed by atoms with E-state index in [-0.39, 0.29) is 11.8 Å². The van der Waals surface area contributed by atoms with Crippen molar-refractivity contribution in [2.75, 3.05) is 31.1 Å². The Hall–Kier alpha value is -2.88. The summed E-state index contributed by atoms with van der Waals surface area (Å²) in [5, 5.41) is 9.26. The summed E-state index contributed by atoms with van der Waals surface area (Å²) in [5.41, 5.74) is 2.12. The van der Waals surface area contributed by atoms with Gasteiger partial charge in [0.2, 0.25) is 0 Å². The molecule has 2 aliphatic rings. The number of hydrogen-bond donors (Lipinski definition) is 0. The number of piperidine rings is 1. The van der Waals surface area contributed by atoms with Gasteiger partial charge in [0.25, 0.3) is 5.91 Å². The van der Waals surface area contributed by atoms with Crippen molar-refractivity contribution in [2.24, 2.45) is 5.92 Å². The first-order valence-corrected chi connectivity index (χ1v) is 9.06. The van der Waals surface area contributed by atoms with Crippen LogP contribution in [0.2, 0.25) is 0 Å². The summed E-state index contributed by atoms with van der Waals surface area (Å²) in [6.45, 7) is 2.86. The summed E-state index contributed by atoms with van der Waals surface area (Å²) in [6.07, 6.45) is 6.49. The molecule has 0 bridgehead atoms. The van der Waals surface area contributed by atoms with Crippen molar-refractivity contribution in [2.45, 2.75) is 25.7 Å². The van der Waals surface area contributed by atoms with Crippen LogP contribution in [0.25, 0.3) is 0 Å². The number of fused-ring (bicyclic) bond motifs is 1. The lowest BCUT2D eigenvalue weighted by Gasteiger charge is -2.32. The maximum Gasteiger partial charge on any atom is 0.289 e. The van der Waals surface area contributed by atoms with Crippen LogP contribution >= 0.6 is 0 Å². The van der Waals surface area contributed by atoms with E-state index >= 15 is 0 Å². The lowest BCUT2D eigenvalue weighted by atomic mass is 9.98. The Balaban J connectivity index is 1.55. The van der Waals surface area contributed by atoms with E-state index in [1.807, 2.05) is 4.90 Å². The molecule has 0 aromatic carbocycles. The quantitative estimate of drug-likeness (QED) is 0.823. The number of furan rings is 1. The lowest BCUT2D eigenvalue weighted by Crippen LogP contribution is -2.36. The Morgan fingerprint density at radius 1 is 1.27 bits per heavy atom. The molecule has 0 spiro atoms. The van der Waals surface area contributed by atoms with E-state index < -0.39 is 0 Å². The van der Waals surface area contributed by atoms with Crippen LogP contribution in [0, 0.1) is 17.2 Å². The number of nitriles is 1. The van der Waals surface area contributed by atoms with Crippen LogP contribution < -0.4 is 4.90 Å². The second kappa shape index (κ2) is 7.16. The van der Waals surface area contributed by atoms with Crippen molar-refractivity contribution in [1.29, 1.82) is 5.26 Å². The van der Waals surface area contributed by atoms with E-state index in [0.717, 1.165) is 43.0 Å². The smallest absolute Gasteiger partial charge is 0.289 e. The maximum atomic E-state index is 12.6. The van der Waals surface area contributed by atoms with Gasteiger partial charge >= 0.3 is 0 Å². The maximum absolute atomic E-state index is 12.6. The van der Waals surface area contributed by atoms with Crippen LogP contribution in [0.15, 0.2) is 29.1 Å². The molecule has 0 aliphatic carbocycles. The zero-order valence-corrected chi connectivity index (χ0v) is 14.6. The molecule has 2 aromatic heterocycles. The summed E-state index contributed by atoms with van der Waals surface area (Å²) < 4.78 is 5.25. The lowest BCUT2D eigenvalue weighted by molar-refractivity contribution is 0.0731. The van der Waals surface area contributed by atoms with E-state index in [1.54, 1.807) is 18.5 Å². The highest BCUT2D eigenvalue weighted by Crippen LogP contribution is 2.28. The Kier molecular flexibility index (Phi) is 4.57. The number of carbonyl (C=O) groups excluding carboxylic acids is 1. The molecule has 1 amide bonds. The van der Waals surface area contributed by atoms with Crippen molar-refractivity contribution in [3.63, 3.8) is 0 Å². The second-order valence-corrected chi connectivity index (χ2v) is 6.81. The first-order chi connectivity index (χ1) is 12.8. The van der Waals surface area contributed by atoms with Crippen LogP contribution in [-0.4, -0.2) is 47.0 Å². The van der Waals surface area contributed by atoms with Crippen LogP contribution in [0.1, 0.15) is 34.7 Å². The van der Waals surface area contributed by atoms with Gasteiger partial charge in [-0.05, 0) is 31.4 Å². The zero-order chi connectivity index (χ0) is 17.9. The molecule has 7 heteroatoms. The van der Waals surface area contributed by atoms with Crippen molar-refractivity contribution >= 4 is 11.7 Å². The molecule has 0 N–H and O–H groups in total. The minimum absolute atomic E-state index is 0.0529. The fourth-order valence-electron chi connectivity index (χ4n) is 3.82. The number of amides is 1. The molecule has 0 radical (unpaired) electrons. The number of aromatic nitrogens is 2. The number of carbonyl (C=O) groups is 1. The third kappa shape index (κ3) is 3.15. The summed E-state index contributed by atoms with van der Waals surface area (Å²) in [4.78, 5) is 25.6. The predicted molar refractivity (Wildman–Crippen MR) is 94.6 cm³/mol. The van der Waals surface area contributed by atoms with Gasteiger partial charge in [-0.25, -0.2) is 9.97 Å². The van der Waals surface area contributed by atoms with Crippen molar-refractivity contribution < 1.29 is 9.21 Å². The van der Waals surface area contributed by atoms with E-state index in [4.69, 9.17) is 4.42 Å². The highest BCUT2D eigenvalue weighted by molar-refractivity contribution is 5.91. The van der Waals surface area contributed by atoms with Crippen LogP contribution in [0.4, 0.5) is 5.82 Å². The largest absolute Gasteiger partial charge is 0.459 e. The number of hydrogen-bond acceptors (Lipinski definition) is 6.